The number of hydrogen-bond donors (Lipinski definition) is 1. The maximum absolute atomic E-state index is 6.09. The lowest BCUT2D eigenvalue weighted by atomic mass is 9.83. The third-order valence-electron chi connectivity index (χ3n) is 3.01. The van der Waals surface area contributed by atoms with Crippen LogP contribution >= 0.6 is 11.3 Å². The Bertz CT molecular complexity index is 334. The summed E-state index contributed by atoms with van der Waals surface area (Å²) < 4.78 is 6.09. The quantitative estimate of drug-likeness (QED) is 0.858. The number of nitrogens with two attached hydrogens (primary N) is 1. The molecule has 1 unspecified atom stereocenters. The monoisotopic (exact) mass is 225 g/mol. The molecule has 0 bridgehead atoms. The Labute approximate surface area is 95.4 Å². The minimum Gasteiger partial charge on any atom is -0.366 e. The Hall–Kier alpha value is -0.380. The van der Waals surface area contributed by atoms with Crippen LogP contribution in [0, 0.1) is 0 Å². The van der Waals surface area contributed by atoms with Crippen LogP contribution in [0.4, 0.5) is 0 Å². The van der Waals surface area contributed by atoms with Crippen LogP contribution in [0.25, 0.3) is 0 Å². The van der Waals surface area contributed by atoms with Gasteiger partial charge in [-0.1, -0.05) is 0 Å². The van der Waals surface area contributed by atoms with Gasteiger partial charge >= 0.3 is 0 Å². The van der Waals surface area contributed by atoms with E-state index in [2.05, 4.69) is 25.3 Å². The van der Waals surface area contributed by atoms with E-state index in [9.17, 15) is 0 Å². The van der Waals surface area contributed by atoms with Crippen LogP contribution in [-0.4, -0.2) is 12.6 Å². The minimum absolute atomic E-state index is 0.207. The van der Waals surface area contributed by atoms with E-state index in [0.717, 1.165) is 6.42 Å². The van der Waals surface area contributed by atoms with Gasteiger partial charge in [0.15, 0.2) is 0 Å². The van der Waals surface area contributed by atoms with Crippen molar-refractivity contribution in [1.29, 1.82) is 0 Å². The Morgan fingerprint density at radius 1 is 1.60 bits per heavy atom. The van der Waals surface area contributed by atoms with Gasteiger partial charge in [-0.15, -0.1) is 11.3 Å². The van der Waals surface area contributed by atoms with Gasteiger partial charge in [0.2, 0.25) is 0 Å². The number of thiophene rings is 1. The molecule has 84 valence electrons. The van der Waals surface area contributed by atoms with Gasteiger partial charge in [-0.2, -0.15) is 0 Å². The minimum atomic E-state index is -0.207. The summed E-state index contributed by atoms with van der Waals surface area (Å²) >= 11 is 1.83. The first kappa shape index (κ1) is 11.1. The third kappa shape index (κ3) is 1.96. The molecule has 0 saturated carbocycles. The lowest BCUT2D eigenvalue weighted by Gasteiger charge is -2.38. The average Bonchev–Trinajstić information content (AvgIpc) is 2.66. The van der Waals surface area contributed by atoms with Crippen molar-refractivity contribution in [2.24, 2.45) is 5.73 Å². The van der Waals surface area contributed by atoms with Crippen molar-refractivity contribution in [2.75, 3.05) is 6.54 Å². The standard InChI is InChI=1S/C12H19NOS/c1-9(2)14-12(8-13)6-3-4-11-10(12)5-7-15-11/h5,7,9H,3-4,6,8,13H2,1-2H3. The van der Waals surface area contributed by atoms with Crippen LogP contribution in [0.3, 0.4) is 0 Å². The zero-order chi connectivity index (χ0) is 10.9. The molecule has 2 nitrogen and oxygen atoms in total. The largest absolute Gasteiger partial charge is 0.366 e. The molecule has 2 rings (SSSR count). The molecule has 0 radical (unpaired) electrons. The second kappa shape index (κ2) is 4.24. The molecule has 1 atom stereocenters. The van der Waals surface area contributed by atoms with Gasteiger partial charge in [-0.05, 0) is 50.1 Å². The maximum Gasteiger partial charge on any atom is 0.107 e. The van der Waals surface area contributed by atoms with Crippen molar-refractivity contribution >= 4 is 11.3 Å². The van der Waals surface area contributed by atoms with Gasteiger partial charge < -0.3 is 10.5 Å². The summed E-state index contributed by atoms with van der Waals surface area (Å²) in [6, 6.07) is 2.19. The van der Waals surface area contributed by atoms with Gasteiger partial charge in [0, 0.05) is 11.4 Å². The van der Waals surface area contributed by atoms with E-state index in [1.807, 2.05) is 11.3 Å². The van der Waals surface area contributed by atoms with Crippen LogP contribution in [0.2, 0.25) is 0 Å². The molecule has 0 spiro atoms. The van der Waals surface area contributed by atoms with Crippen molar-refractivity contribution in [2.45, 2.75) is 44.8 Å². The Balaban J connectivity index is 2.35. The molecular formula is C12H19NOS. The number of aryl methyl sites for hydroxylation is 1. The van der Waals surface area contributed by atoms with E-state index in [1.165, 1.54) is 23.3 Å². The number of rotatable bonds is 3. The smallest absolute Gasteiger partial charge is 0.107 e. The summed E-state index contributed by atoms with van der Waals surface area (Å²) in [5.74, 6) is 0. The van der Waals surface area contributed by atoms with Gasteiger partial charge in [0.25, 0.3) is 0 Å². The normalized spacial score (nSPS) is 25.6. The van der Waals surface area contributed by atoms with Gasteiger partial charge in [-0.25, -0.2) is 0 Å². The van der Waals surface area contributed by atoms with Crippen LogP contribution in [-0.2, 0) is 16.8 Å². The van der Waals surface area contributed by atoms with Crippen LogP contribution in [0.1, 0.15) is 37.1 Å². The highest BCUT2D eigenvalue weighted by molar-refractivity contribution is 7.10. The molecule has 0 saturated heterocycles. The highest BCUT2D eigenvalue weighted by Gasteiger charge is 2.37. The number of hydrogen-bond acceptors (Lipinski definition) is 3. The fraction of sp³-hybridized carbons (Fsp3) is 0.667. The van der Waals surface area contributed by atoms with Gasteiger partial charge in [0.05, 0.1) is 6.10 Å². The highest BCUT2D eigenvalue weighted by atomic mass is 32.1. The summed E-state index contributed by atoms with van der Waals surface area (Å²) in [7, 11) is 0. The van der Waals surface area contributed by atoms with E-state index in [-0.39, 0.29) is 11.7 Å². The zero-order valence-electron chi connectivity index (χ0n) is 9.45. The molecule has 1 heterocycles. The SMILES string of the molecule is CC(C)OC1(CN)CCCc2sccc21. The molecule has 1 aromatic heterocycles. The van der Waals surface area contributed by atoms with E-state index >= 15 is 0 Å². The lowest BCUT2D eigenvalue weighted by Crippen LogP contribution is -2.42. The van der Waals surface area contributed by atoms with Crippen molar-refractivity contribution in [3.63, 3.8) is 0 Å². The van der Waals surface area contributed by atoms with E-state index in [1.54, 1.807) is 0 Å². The molecule has 15 heavy (non-hydrogen) atoms. The predicted octanol–water partition coefficient (Wildman–Crippen LogP) is 2.66. The Morgan fingerprint density at radius 2 is 2.40 bits per heavy atom. The lowest BCUT2D eigenvalue weighted by molar-refractivity contribution is -0.0891. The fourth-order valence-electron chi connectivity index (χ4n) is 2.44. The first-order valence-corrected chi connectivity index (χ1v) is 6.50. The third-order valence-corrected chi connectivity index (χ3v) is 3.99. The molecule has 0 amide bonds. The van der Waals surface area contributed by atoms with Crippen molar-refractivity contribution in [1.82, 2.24) is 0 Å². The number of fused-ring (bicyclic) bond motifs is 1. The molecule has 3 heteroatoms. The summed E-state index contributed by atoms with van der Waals surface area (Å²) in [6.07, 6.45) is 3.68. The van der Waals surface area contributed by atoms with Crippen molar-refractivity contribution in [3.05, 3.63) is 21.9 Å². The first-order valence-electron chi connectivity index (χ1n) is 5.63. The second-order valence-corrected chi connectivity index (χ2v) is 5.48. The Morgan fingerprint density at radius 3 is 3.07 bits per heavy atom. The molecule has 1 aliphatic rings. The number of ether oxygens (including phenoxy) is 1. The average molecular weight is 225 g/mol. The predicted molar refractivity (Wildman–Crippen MR) is 64.2 cm³/mol. The molecule has 0 aromatic carbocycles. The fourth-order valence-corrected chi connectivity index (χ4v) is 3.45. The summed E-state index contributed by atoms with van der Waals surface area (Å²) in [5, 5.41) is 2.16. The molecule has 0 aliphatic heterocycles. The summed E-state index contributed by atoms with van der Waals surface area (Å²) in [4.78, 5) is 1.47. The second-order valence-electron chi connectivity index (χ2n) is 4.48. The van der Waals surface area contributed by atoms with Crippen LogP contribution in [0.5, 0.6) is 0 Å². The van der Waals surface area contributed by atoms with Crippen LogP contribution in [0.15, 0.2) is 11.4 Å². The zero-order valence-corrected chi connectivity index (χ0v) is 10.3. The highest BCUT2D eigenvalue weighted by Crippen LogP contribution is 2.40. The maximum atomic E-state index is 6.09. The molecular weight excluding hydrogens is 206 g/mol. The molecule has 0 fully saturated rings. The van der Waals surface area contributed by atoms with Gasteiger partial charge in [0.1, 0.15) is 5.60 Å². The van der Waals surface area contributed by atoms with E-state index in [0.29, 0.717) is 6.54 Å². The van der Waals surface area contributed by atoms with E-state index in [4.69, 9.17) is 10.5 Å². The van der Waals surface area contributed by atoms with Crippen molar-refractivity contribution < 1.29 is 4.74 Å². The Kier molecular flexibility index (Phi) is 3.14. The summed E-state index contributed by atoms with van der Waals surface area (Å²) in [6.45, 7) is 4.75. The van der Waals surface area contributed by atoms with Crippen LogP contribution < -0.4 is 5.73 Å². The molecule has 1 aliphatic carbocycles. The molecule has 2 N–H and O–H groups in total. The molecule has 1 aromatic rings. The first-order chi connectivity index (χ1) is 7.18. The van der Waals surface area contributed by atoms with E-state index < -0.39 is 0 Å². The van der Waals surface area contributed by atoms with Gasteiger partial charge in [-0.3, -0.25) is 0 Å². The topological polar surface area (TPSA) is 35.2 Å². The van der Waals surface area contributed by atoms with Crippen molar-refractivity contribution in [3.8, 4) is 0 Å². The summed E-state index contributed by atoms with van der Waals surface area (Å²) in [5.41, 5.74) is 7.08.